The highest BCUT2D eigenvalue weighted by atomic mass is 32.1. The third kappa shape index (κ3) is 3.17. The number of esters is 1. The van der Waals surface area contributed by atoms with E-state index in [1.54, 1.807) is 10.5 Å². The van der Waals surface area contributed by atoms with Crippen LogP contribution in [0.4, 0.5) is 0 Å². The number of rotatable bonds is 3. The topological polar surface area (TPSA) is 60.7 Å². The molecule has 0 radical (unpaired) electrons. The number of ether oxygens (including phenoxy) is 1. The Bertz CT molecular complexity index is 1050. The van der Waals surface area contributed by atoms with Crippen molar-refractivity contribution in [3.05, 3.63) is 67.4 Å². The van der Waals surface area contributed by atoms with Crippen molar-refractivity contribution >= 4 is 23.0 Å². The quantitative estimate of drug-likeness (QED) is 0.664. The zero-order valence-corrected chi connectivity index (χ0v) is 15.6. The van der Waals surface area contributed by atoms with Gasteiger partial charge in [0.25, 0.3) is 5.56 Å². The zero-order valence-electron chi connectivity index (χ0n) is 14.8. The summed E-state index contributed by atoms with van der Waals surface area (Å²) in [5.74, 6) is 0.322. The Morgan fingerprint density at radius 1 is 1.38 bits per heavy atom. The van der Waals surface area contributed by atoms with Crippen LogP contribution < -0.4 is 5.56 Å². The second-order valence-electron chi connectivity index (χ2n) is 6.93. The molecule has 0 bridgehead atoms. The van der Waals surface area contributed by atoms with E-state index >= 15 is 0 Å². The van der Waals surface area contributed by atoms with E-state index in [1.807, 2.05) is 25.1 Å². The Hall–Kier alpha value is -2.47. The first-order valence-corrected chi connectivity index (χ1v) is 9.60. The third-order valence-electron chi connectivity index (χ3n) is 4.81. The van der Waals surface area contributed by atoms with Crippen LogP contribution in [0, 0.1) is 12.8 Å². The lowest BCUT2D eigenvalue weighted by atomic mass is 9.90. The minimum absolute atomic E-state index is 0.00250. The summed E-state index contributed by atoms with van der Waals surface area (Å²) in [7, 11) is 0. The molecular weight excluding hydrogens is 348 g/mol. The largest absolute Gasteiger partial charge is 0.455 e. The molecule has 0 unspecified atom stereocenters. The van der Waals surface area contributed by atoms with E-state index in [0.717, 1.165) is 18.5 Å². The molecule has 0 saturated carbocycles. The van der Waals surface area contributed by atoms with Gasteiger partial charge in [0, 0.05) is 16.6 Å². The fourth-order valence-electron chi connectivity index (χ4n) is 3.45. The summed E-state index contributed by atoms with van der Waals surface area (Å²) < 4.78 is 6.96. The minimum atomic E-state index is -0.344. The number of thiophene rings is 1. The molecule has 5 nitrogen and oxygen atoms in total. The average Bonchev–Trinajstić information content (AvgIpc) is 3.02. The molecule has 0 aliphatic heterocycles. The summed E-state index contributed by atoms with van der Waals surface area (Å²) in [6.07, 6.45) is 3.24. The third-order valence-corrected chi connectivity index (χ3v) is 6.03. The van der Waals surface area contributed by atoms with Gasteiger partial charge < -0.3 is 4.74 Å². The Morgan fingerprint density at radius 2 is 2.23 bits per heavy atom. The lowest BCUT2D eigenvalue weighted by Gasteiger charge is -2.16. The van der Waals surface area contributed by atoms with Crippen molar-refractivity contribution < 1.29 is 9.53 Å². The smallest absolute Gasteiger partial charge is 0.348 e. The number of carbonyl (C=O) groups is 1. The van der Waals surface area contributed by atoms with Crippen molar-refractivity contribution in [3.63, 3.8) is 0 Å². The highest BCUT2D eigenvalue weighted by molar-refractivity contribution is 7.14. The van der Waals surface area contributed by atoms with Crippen molar-refractivity contribution in [1.82, 2.24) is 9.38 Å². The van der Waals surface area contributed by atoms with E-state index in [4.69, 9.17) is 4.74 Å². The molecule has 134 valence electrons. The van der Waals surface area contributed by atoms with Crippen molar-refractivity contribution in [2.24, 2.45) is 5.92 Å². The van der Waals surface area contributed by atoms with Crippen molar-refractivity contribution in [3.8, 4) is 0 Å². The number of pyridine rings is 1. The van der Waals surface area contributed by atoms with Gasteiger partial charge in [-0.05, 0) is 55.9 Å². The van der Waals surface area contributed by atoms with Gasteiger partial charge in [-0.15, -0.1) is 11.3 Å². The number of carbonyl (C=O) groups excluding carboxylic acids is 1. The molecule has 6 heteroatoms. The van der Waals surface area contributed by atoms with Crippen molar-refractivity contribution in [2.45, 2.75) is 39.7 Å². The number of nitrogens with zero attached hydrogens (tertiary/aromatic N) is 2. The Labute approximate surface area is 155 Å². The van der Waals surface area contributed by atoms with Crippen molar-refractivity contribution in [1.29, 1.82) is 0 Å². The minimum Gasteiger partial charge on any atom is -0.455 e. The van der Waals surface area contributed by atoms with Crippen LogP contribution in [0.5, 0.6) is 0 Å². The summed E-state index contributed by atoms with van der Waals surface area (Å²) in [4.78, 5) is 31.0. The van der Waals surface area contributed by atoms with Crippen LogP contribution in [-0.2, 0) is 24.2 Å². The summed E-state index contributed by atoms with van der Waals surface area (Å²) in [6.45, 7) is 4.09. The van der Waals surface area contributed by atoms with E-state index in [2.05, 4.69) is 11.9 Å². The van der Waals surface area contributed by atoms with E-state index in [0.29, 0.717) is 22.1 Å². The SMILES string of the molecule is Cc1cccc2nc(COC(=O)c3cc4c(s3)CC[C@H](C)C4)cc(=O)n12. The van der Waals surface area contributed by atoms with E-state index in [-0.39, 0.29) is 18.1 Å². The van der Waals surface area contributed by atoms with Crippen LogP contribution in [0.25, 0.3) is 5.65 Å². The van der Waals surface area contributed by atoms with Gasteiger partial charge in [0.2, 0.25) is 0 Å². The van der Waals surface area contributed by atoms with E-state index in [9.17, 15) is 9.59 Å². The highest BCUT2D eigenvalue weighted by Gasteiger charge is 2.21. The first-order valence-electron chi connectivity index (χ1n) is 8.78. The zero-order chi connectivity index (χ0) is 18.3. The summed E-state index contributed by atoms with van der Waals surface area (Å²) in [6, 6.07) is 8.87. The lowest BCUT2D eigenvalue weighted by Crippen LogP contribution is -2.18. The fraction of sp³-hybridized carbons (Fsp3) is 0.350. The molecular formula is C20H20N2O3S. The molecule has 3 heterocycles. The number of fused-ring (bicyclic) bond motifs is 2. The Morgan fingerprint density at radius 3 is 3.08 bits per heavy atom. The van der Waals surface area contributed by atoms with Crippen LogP contribution in [0.15, 0.2) is 35.1 Å². The van der Waals surface area contributed by atoms with E-state index in [1.165, 1.54) is 34.3 Å². The average molecular weight is 368 g/mol. The standard InChI is InChI=1S/C20H20N2O3S/c1-12-6-7-16-14(8-12)9-17(26-16)20(24)25-11-15-10-19(23)22-13(2)4-3-5-18(22)21-15/h3-5,9-10,12H,6-8,11H2,1-2H3/t12-/m0/s1. The molecule has 3 aromatic rings. The normalized spacial score (nSPS) is 16.5. The van der Waals surface area contributed by atoms with Crippen LogP contribution in [0.1, 0.15) is 44.8 Å². The fourth-order valence-corrected chi connectivity index (χ4v) is 4.56. The molecule has 1 aliphatic carbocycles. The van der Waals surface area contributed by atoms with Gasteiger partial charge in [-0.3, -0.25) is 9.20 Å². The van der Waals surface area contributed by atoms with E-state index < -0.39 is 0 Å². The van der Waals surface area contributed by atoms with Gasteiger partial charge in [-0.2, -0.15) is 0 Å². The highest BCUT2D eigenvalue weighted by Crippen LogP contribution is 2.32. The molecule has 0 fully saturated rings. The maximum Gasteiger partial charge on any atom is 0.348 e. The van der Waals surface area contributed by atoms with Crippen LogP contribution in [-0.4, -0.2) is 15.4 Å². The molecule has 0 amide bonds. The second-order valence-corrected chi connectivity index (χ2v) is 8.07. The van der Waals surface area contributed by atoms with Crippen molar-refractivity contribution in [2.75, 3.05) is 0 Å². The molecule has 3 aromatic heterocycles. The number of hydrogen-bond donors (Lipinski definition) is 0. The second kappa shape index (κ2) is 6.68. The number of hydrogen-bond acceptors (Lipinski definition) is 5. The van der Waals surface area contributed by atoms with Crippen LogP contribution in [0.3, 0.4) is 0 Å². The summed E-state index contributed by atoms with van der Waals surface area (Å²) >= 11 is 1.53. The van der Waals surface area contributed by atoms with Gasteiger partial charge in [-0.1, -0.05) is 13.0 Å². The van der Waals surface area contributed by atoms with Gasteiger partial charge in [-0.25, -0.2) is 9.78 Å². The molecule has 26 heavy (non-hydrogen) atoms. The predicted octanol–water partition coefficient (Wildman–Crippen LogP) is 3.55. The van der Waals surface area contributed by atoms with Gasteiger partial charge in [0.1, 0.15) is 17.1 Å². The molecule has 0 saturated heterocycles. The molecule has 4 rings (SSSR count). The molecule has 0 N–H and O–H groups in total. The van der Waals surface area contributed by atoms with Gasteiger partial charge in [0.15, 0.2) is 0 Å². The summed E-state index contributed by atoms with van der Waals surface area (Å²) in [5, 5.41) is 0. The lowest BCUT2D eigenvalue weighted by molar-refractivity contribution is 0.0473. The van der Waals surface area contributed by atoms with Crippen LogP contribution >= 0.6 is 11.3 Å². The van der Waals surface area contributed by atoms with Crippen LogP contribution in [0.2, 0.25) is 0 Å². The predicted molar refractivity (Wildman–Crippen MR) is 101 cm³/mol. The Kier molecular flexibility index (Phi) is 4.36. The maximum atomic E-state index is 12.4. The first kappa shape index (κ1) is 17.0. The molecule has 0 aromatic carbocycles. The number of aryl methyl sites for hydroxylation is 2. The Balaban J connectivity index is 1.51. The first-order chi connectivity index (χ1) is 12.5. The molecule has 0 spiro atoms. The van der Waals surface area contributed by atoms with Gasteiger partial charge in [0.05, 0.1) is 5.69 Å². The molecule has 1 atom stereocenters. The monoisotopic (exact) mass is 368 g/mol. The van der Waals surface area contributed by atoms with Gasteiger partial charge >= 0.3 is 5.97 Å². The number of aromatic nitrogens is 2. The summed E-state index contributed by atoms with van der Waals surface area (Å²) in [5.41, 5.74) is 2.95. The maximum absolute atomic E-state index is 12.4. The molecule has 1 aliphatic rings.